The molecule has 0 fully saturated rings. The third-order valence-corrected chi connectivity index (χ3v) is 7.55. The summed E-state index contributed by atoms with van der Waals surface area (Å²) in [6, 6.07) is 22.7. The second kappa shape index (κ2) is 12.7. The van der Waals surface area contributed by atoms with Crippen molar-refractivity contribution in [3.8, 4) is 5.75 Å². The number of methoxy groups -OCH3 is 1. The first-order chi connectivity index (χ1) is 18.4. The molecule has 1 amide bonds. The van der Waals surface area contributed by atoms with Crippen LogP contribution in [0.1, 0.15) is 22.4 Å². The number of aliphatic carboxylic acids is 1. The van der Waals surface area contributed by atoms with Gasteiger partial charge < -0.3 is 25.5 Å². The Labute approximate surface area is 227 Å². The normalized spacial score (nSPS) is 11.9. The number of fused-ring (bicyclic) bond motifs is 1. The van der Waals surface area contributed by atoms with Crippen LogP contribution in [0.4, 0.5) is 5.69 Å². The van der Waals surface area contributed by atoms with E-state index in [2.05, 4.69) is 17.1 Å². The number of para-hydroxylation sites is 1. The van der Waals surface area contributed by atoms with E-state index in [4.69, 9.17) is 10.5 Å². The van der Waals surface area contributed by atoms with Gasteiger partial charge in [-0.3, -0.25) is 9.59 Å². The van der Waals surface area contributed by atoms with Crippen molar-refractivity contribution in [3.05, 3.63) is 95.2 Å². The number of hydrogen-bond acceptors (Lipinski definition) is 5. The number of nitrogens with one attached hydrogen (secondary N) is 1. The van der Waals surface area contributed by atoms with E-state index in [0.717, 1.165) is 51.3 Å². The standard InChI is InChI=1S/C30H33N3O4S/c1-33(22-10-12-23(37-2)13-11-22)30(36)26(31)17-21-7-5-6-20(16-21)14-15-38-19-28-25(18-29(34)35)24-8-3-4-9-27(24)32-28/h3-13,16,26,32H,14-15,17-19,31H2,1-2H3,(H,34,35). The number of nitrogens with two attached hydrogens (primary N) is 1. The lowest BCUT2D eigenvalue weighted by Crippen LogP contribution is -2.43. The molecular formula is C30H33N3O4S. The molecule has 0 radical (unpaired) electrons. The van der Waals surface area contributed by atoms with Crippen LogP contribution in [0.25, 0.3) is 10.9 Å². The highest BCUT2D eigenvalue weighted by Crippen LogP contribution is 2.26. The quantitative estimate of drug-likeness (QED) is 0.226. The molecule has 1 heterocycles. The maximum Gasteiger partial charge on any atom is 0.307 e. The van der Waals surface area contributed by atoms with Gasteiger partial charge in [-0.15, -0.1) is 0 Å². The Balaban J connectivity index is 1.31. The lowest BCUT2D eigenvalue weighted by molar-refractivity contribution is -0.136. The number of aromatic amines is 1. The predicted molar refractivity (Wildman–Crippen MR) is 154 cm³/mol. The average molecular weight is 532 g/mol. The molecule has 8 heteroatoms. The van der Waals surface area contributed by atoms with E-state index in [0.29, 0.717) is 12.2 Å². The Morgan fingerprint density at radius 2 is 1.79 bits per heavy atom. The lowest BCUT2D eigenvalue weighted by Gasteiger charge is -2.22. The Bertz CT molecular complexity index is 1400. The fourth-order valence-corrected chi connectivity index (χ4v) is 5.51. The zero-order valence-corrected chi connectivity index (χ0v) is 22.5. The summed E-state index contributed by atoms with van der Waals surface area (Å²) in [5.74, 6) is 1.36. The smallest absolute Gasteiger partial charge is 0.307 e. The number of thioether (sulfide) groups is 1. The van der Waals surface area contributed by atoms with Gasteiger partial charge in [0.05, 0.1) is 19.6 Å². The first-order valence-corrected chi connectivity index (χ1v) is 13.6. The second-order valence-corrected chi connectivity index (χ2v) is 10.3. The van der Waals surface area contributed by atoms with Crippen molar-refractivity contribution >= 4 is 40.2 Å². The molecule has 7 nitrogen and oxygen atoms in total. The summed E-state index contributed by atoms with van der Waals surface area (Å²) in [5, 5.41) is 10.3. The fraction of sp³-hybridized carbons (Fsp3) is 0.267. The van der Waals surface area contributed by atoms with Gasteiger partial charge >= 0.3 is 5.97 Å². The Morgan fingerprint density at radius 1 is 1.05 bits per heavy atom. The number of anilines is 1. The zero-order valence-electron chi connectivity index (χ0n) is 21.6. The summed E-state index contributed by atoms with van der Waals surface area (Å²) < 4.78 is 5.18. The number of nitrogens with zero attached hydrogens (tertiary/aromatic N) is 1. The Kier molecular flexibility index (Phi) is 9.10. The zero-order chi connectivity index (χ0) is 27.1. The topological polar surface area (TPSA) is 109 Å². The van der Waals surface area contributed by atoms with Crippen molar-refractivity contribution in [2.24, 2.45) is 5.73 Å². The molecule has 0 spiro atoms. The highest BCUT2D eigenvalue weighted by atomic mass is 32.2. The van der Waals surface area contributed by atoms with Crippen LogP contribution < -0.4 is 15.4 Å². The van der Waals surface area contributed by atoms with E-state index in [1.54, 1.807) is 30.8 Å². The molecule has 0 aliphatic carbocycles. The van der Waals surface area contributed by atoms with Crippen LogP contribution in [0.2, 0.25) is 0 Å². The van der Waals surface area contributed by atoms with Crippen molar-refractivity contribution < 1.29 is 19.4 Å². The van der Waals surface area contributed by atoms with Crippen molar-refractivity contribution in [3.63, 3.8) is 0 Å². The molecule has 1 atom stereocenters. The molecule has 3 aromatic carbocycles. The predicted octanol–water partition coefficient (Wildman–Crippen LogP) is 4.81. The molecule has 0 aliphatic rings. The van der Waals surface area contributed by atoms with Gasteiger partial charge in [-0.1, -0.05) is 42.5 Å². The van der Waals surface area contributed by atoms with Gasteiger partial charge in [0.2, 0.25) is 5.91 Å². The number of carboxylic acids is 1. The third kappa shape index (κ3) is 6.76. The SMILES string of the molecule is COc1ccc(N(C)C(=O)C(N)Cc2cccc(CCSCc3[nH]c4ccccc4c3CC(=O)O)c2)cc1. The number of aromatic nitrogens is 1. The number of H-pyrrole nitrogens is 1. The van der Waals surface area contributed by atoms with Crippen LogP contribution in [0.3, 0.4) is 0 Å². The summed E-state index contributed by atoms with van der Waals surface area (Å²) in [5.41, 5.74) is 12.1. The molecule has 1 unspecified atom stereocenters. The van der Waals surface area contributed by atoms with Crippen LogP contribution in [0.5, 0.6) is 5.75 Å². The number of carbonyl (C=O) groups is 2. The molecule has 0 aliphatic heterocycles. The van der Waals surface area contributed by atoms with Gasteiger partial charge in [0, 0.05) is 35.1 Å². The molecule has 0 saturated heterocycles. The number of benzene rings is 3. The van der Waals surface area contributed by atoms with Crippen LogP contribution in [-0.4, -0.2) is 47.9 Å². The summed E-state index contributed by atoms with van der Waals surface area (Å²) >= 11 is 1.77. The van der Waals surface area contributed by atoms with Gasteiger partial charge in [0.25, 0.3) is 0 Å². The molecular weight excluding hydrogens is 498 g/mol. The number of carboxylic acid groups (broad SMARTS) is 1. The molecule has 198 valence electrons. The van der Waals surface area contributed by atoms with Crippen LogP contribution >= 0.6 is 11.8 Å². The number of amides is 1. The number of carbonyl (C=O) groups excluding carboxylic acids is 1. The van der Waals surface area contributed by atoms with Crippen molar-refractivity contribution in [2.75, 3.05) is 24.8 Å². The second-order valence-electron chi connectivity index (χ2n) is 9.23. The first kappa shape index (κ1) is 27.3. The van der Waals surface area contributed by atoms with Gasteiger partial charge in [-0.05, 0) is 65.6 Å². The number of aryl methyl sites for hydroxylation is 1. The maximum absolute atomic E-state index is 12.9. The minimum Gasteiger partial charge on any atom is -0.497 e. The fourth-order valence-electron chi connectivity index (χ4n) is 4.53. The molecule has 0 saturated carbocycles. The van der Waals surface area contributed by atoms with Crippen molar-refractivity contribution in [1.29, 1.82) is 0 Å². The van der Waals surface area contributed by atoms with Gasteiger partial charge in [0.1, 0.15) is 5.75 Å². The van der Waals surface area contributed by atoms with Crippen molar-refractivity contribution in [2.45, 2.75) is 31.1 Å². The first-order valence-electron chi connectivity index (χ1n) is 12.5. The van der Waals surface area contributed by atoms with E-state index < -0.39 is 12.0 Å². The van der Waals surface area contributed by atoms with E-state index in [1.807, 2.05) is 60.7 Å². The van der Waals surface area contributed by atoms with Crippen LogP contribution in [0, 0.1) is 0 Å². The summed E-state index contributed by atoms with van der Waals surface area (Å²) in [4.78, 5) is 29.3. The number of hydrogen-bond donors (Lipinski definition) is 3. The van der Waals surface area contributed by atoms with Crippen LogP contribution in [-0.2, 0) is 34.6 Å². The molecule has 4 rings (SSSR count). The summed E-state index contributed by atoms with van der Waals surface area (Å²) in [6.45, 7) is 0. The largest absolute Gasteiger partial charge is 0.497 e. The number of ether oxygens (including phenoxy) is 1. The monoisotopic (exact) mass is 531 g/mol. The highest BCUT2D eigenvalue weighted by Gasteiger charge is 2.20. The van der Waals surface area contributed by atoms with Gasteiger partial charge in [-0.25, -0.2) is 0 Å². The summed E-state index contributed by atoms with van der Waals surface area (Å²) in [6.07, 6.45) is 1.32. The maximum atomic E-state index is 12.9. The molecule has 4 aromatic rings. The van der Waals surface area contributed by atoms with E-state index in [9.17, 15) is 14.7 Å². The Morgan fingerprint density at radius 3 is 2.53 bits per heavy atom. The lowest BCUT2D eigenvalue weighted by atomic mass is 10.0. The molecule has 38 heavy (non-hydrogen) atoms. The minimum absolute atomic E-state index is 0.00851. The summed E-state index contributed by atoms with van der Waals surface area (Å²) in [7, 11) is 3.33. The van der Waals surface area contributed by atoms with Crippen molar-refractivity contribution in [1.82, 2.24) is 4.98 Å². The molecule has 1 aromatic heterocycles. The van der Waals surface area contributed by atoms with E-state index in [-0.39, 0.29) is 12.3 Å². The van der Waals surface area contributed by atoms with E-state index >= 15 is 0 Å². The highest BCUT2D eigenvalue weighted by molar-refractivity contribution is 7.98. The Hall–Kier alpha value is -3.75. The third-order valence-electron chi connectivity index (χ3n) is 6.57. The number of likely N-dealkylation sites (N-methyl/N-ethyl adjacent to an activating group) is 1. The van der Waals surface area contributed by atoms with Crippen LogP contribution in [0.15, 0.2) is 72.8 Å². The number of rotatable bonds is 12. The minimum atomic E-state index is -0.829. The average Bonchev–Trinajstić information content (AvgIpc) is 3.27. The molecule has 0 bridgehead atoms. The molecule has 4 N–H and O–H groups in total. The van der Waals surface area contributed by atoms with E-state index in [1.165, 1.54) is 5.56 Å². The van der Waals surface area contributed by atoms with Gasteiger partial charge in [-0.2, -0.15) is 11.8 Å². The van der Waals surface area contributed by atoms with Gasteiger partial charge in [0.15, 0.2) is 0 Å².